The van der Waals surface area contributed by atoms with Crippen molar-refractivity contribution in [1.29, 1.82) is 0 Å². The van der Waals surface area contributed by atoms with E-state index in [0.717, 1.165) is 31.1 Å². The van der Waals surface area contributed by atoms with Crippen LogP contribution in [0.15, 0.2) is 0 Å². The van der Waals surface area contributed by atoms with E-state index in [1.807, 2.05) is 0 Å². The van der Waals surface area contributed by atoms with Gasteiger partial charge in [0.25, 0.3) is 0 Å². The third-order valence-electron chi connectivity index (χ3n) is 4.49. The molecule has 17 heavy (non-hydrogen) atoms. The van der Waals surface area contributed by atoms with E-state index in [1.54, 1.807) is 0 Å². The Morgan fingerprint density at radius 2 is 2.00 bits per heavy atom. The van der Waals surface area contributed by atoms with Crippen LogP contribution in [0.5, 0.6) is 0 Å². The minimum Gasteiger partial charge on any atom is -0.381 e. The number of alkyl halides is 1. The molecule has 1 unspecified atom stereocenters. The lowest BCUT2D eigenvalue weighted by atomic mass is 9.78. The second kappa shape index (κ2) is 6.53. The average Bonchev–Trinajstić information content (AvgIpc) is 2.90. The Hall–Kier alpha value is 0.400. The van der Waals surface area contributed by atoms with Crippen molar-refractivity contribution in [3.63, 3.8) is 0 Å². The number of hydrogen-bond donors (Lipinski definition) is 0. The van der Waals surface area contributed by atoms with Gasteiger partial charge < -0.3 is 9.47 Å². The fourth-order valence-corrected chi connectivity index (χ4v) is 3.66. The molecule has 0 bridgehead atoms. The van der Waals surface area contributed by atoms with Crippen molar-refractivity contribution in [1.82, 2.24) is 0 Å². The molecule has 2 rings (SSSR count). The zero-order valence-corrected chi connectivity index (χ0v) is 12.5. The number of ether oxygens (including phenoxy) is 2. The zero-order valence-electron chi connectivity index (χ0n) is 10.9. The maximum atomic E-state index is 6.27. The monoisotopic (exact) mass is 304 g/mol. The molecule has 1 aliphatic heterocycles. The predicted octanol–water partition coefficient (Wildman–Crippen LogP) is 3.77. The summed E-state index contributed by atoms with van der Waals surface area (Å²) in [5.74, 6) is 1.57. The van der Waals surface area contributed by atoms with Crippen LogP contribution in [-0.4, -0.2) is 30.8 Å². The van der Waals surface area contributed by atoms with Crippen molar-refractivity contribution in [2.24, 2.45) is 11.8 Å². The van der Waals surface area contributed by atoms with E-state index >= 15 is 0 Å². The van der Waals surface area contributed by atoms with Gasteiger partial charge in [0.2, 0.25) is 0 Å². The van der Waals surface area contributed by atoms with E-state index in [2.05, 4.69) is 22.9 Å². The molecule has 3 heteroatoms. The van der Waals surface area contributed by atoms with Crippen LogP contribution in [0.4, 0.5) is 0 Å². The van der Waals surface area contributed by atoms with Gasteiger partial charge in [0, 0.05) is 17.9 Å². The quantitative estimate of drug-likeness (QED) is 0.720. The fourth-order valence-electron chi connectivity index (χ4n) is 2.94. The van der Waals surface area contributed by atoms with Crippen molar-refractivity contribution >= 4 is 15.9 Å². The molecular weight excluding hydrogens is 280 g/mol. The van der Waals surface area contributed by atoms with E-state index in [4.69, 9.17) is 9.47 Å². The lowest BCUT2D eigenvalue weighted by Gasteiger charge is -2.39. The molecule has 0 spiro atoms. The van der Waals surface area contributed by atoms with Gasteiger partial charge in [-0.1, -0.05) is 29.3 Å². The van der Waals surface area contributed by atoms with Crippen LogP contribution in [0.1, 0.15) is 45.4 Å². The maximum absolute atomic E-state index is 6.27. The summed E-state index contributed by atoms with van der Waals surface area (Å²) in [6.07, 6.45) is 7.63. The Bertz CT molecular complexity index is 218. The molecular formula is C14H25BrO2. The first kappa shape index (κ1) is 13.8. The molecule has 2 fully saturated rings. The molecule has 0 aromatic carbocycles. The summed E-state index contributed by atoms with van der Waals surface area (Å²) < 4.78 is 11.7. The van der Waals surface area contributed by atoms with Gasteiger partial charge in [0.1, 0.15) is 0 Å². The summed E-state index contributed by atoms with van der Waals surface area (Å²) in [6, 6.07) is 0. The Balaban J connectivity index is 1.78. The summed E-state index contributed by atoms with van der Waals surface area (Å²) in [6.45, 7) is 5.02. The van der Waals surface area contributed by atoms with Crippen LogP contribution in [-0.2, 0) is 9.47 Å². The van der Waals surface area contributed by atoms with Gasteiger partial charge in [0.15, 0.2) is 0 Å². The highest BCUT2D eigenvalue weighted by atomic mass is 79.9. The molecule has 1 atom stereocenters. The zero-order chi connectivity index (χ0) is 12.1. The molecule has 1 saturated carbocycles. The second-order valence-corrected chi connectivity index (χ2v) is 6.27. The molecule has 1 saturated heterocycles. The van der Waals surface area contributed by atoms with Crippen LogP contribution < -0.4 is 0 Å². The van der Waals surface area contributed by atoms with Gasteiger partial charge in [-0.25, -0.2) is 0 Å². The summed E-state index contributed by atoms with van der Waals surface area (Å²) in [4.78, 5) is 0. The van der Waals surface area contributed by atoms with E-state index in [9.17, 15) is 0 Å². The Morgan fingerprint density at radius 3 is 2.53 bits per heavy atom. The van der Waals surface area contributed by atoms with Crippen molar-refractivity contribution in [2.45, 2.75) is 51.0 Å². The number of rotatable bonds is 5. The largest absolute Gasteiger partial charge is 0.381 e. The smallest absolute Gasteiger partial charge is 0.0779 e. The highest BCUT2D eigenvalue weighted by molar-refractivity contribution is 9.09. The summed E-state index contributed by atoms with van der Waals surface area (Å²) >= 11 is 3.66. The molecule has 100 valence electrons. The fraction of sp³-hybridized carbons (Fsp3) is 1.00. The molecule has 1 aliphatic carbocycles. The van der Waals surface area contributed by atoms with Gasteiger partial charge in [0.05, 0.1) is 18.8 Å². The van der Waals surface area contributed by atoms with Crippen LogP contribution >= 0.6 is 15.9 Å². The third-order valence-corrected chi connectivity index (χ3v) is 5.51. The van der Waals surface area contributed by atoms with Crippen molar-refractivity contribution in [3.8, 4) is 0 Å². The molecule has 2 aliphatic rings. The van der Waals surface area contributed by atoms with Gasteiger partial charge >= 0.3 is 0 Å². The number of hydrogen-bond acceptors (Lipinski definition) is 2. The van der Waals surface area contributed by atoms with Gasteiger partial charge in [-0.3, -0.25) is 0 Å². The molecule has 0 amide bonds. The summed E-state index contributed by atoms with van der Waals surface area (Å²) in [7, 11) is 0. The van der Waals surface area contributed by atoms with Crippen molar-refractivity contribution in [2.75, 3.05) is 25.2 Å². The Kier molecular flexibility index (Phi) is 5.31. The molecule has 1 heterocycles. The molecule has 0 aromatic heterocycles. The van der Waals surface area contributed by atoms with Gasteiger partial charge in [-0.2, -0.15) is 0 Å². The van der Waals surface area contributed by atoms with Gasteiger partial charge in [-0.05, 0) is 38.0 Å². The second-order valence-electron chi connectivity index (χ2n) is 5.71. The predicted molar refractivity (Wildman–Crippen MR) is 73.7 cm³/mol. The first-order valence-electron chi connectivity index (χ1n) is 7.05. The lowest BCUT2D eigenvalue weighted by molar-refractivity contribution is -0.0738. The highest BCUT2D eigenvalue weighted by Crippen LogP contribution is 2.38. The van der Waals surface area contributed by atoms with E-state index in [1.165, 1.54) is 38.5 Å². The van der Waals surface area contributed by atoms with Crippen LogP contribution in [0, 0.1) is 11.8 Å². The number of halogens is 1. The van der Waals surface area contributed by atoms with E-state index in [-0.39, 0.29) is 5.60 Å². The van der Waals surface area contributed by atoms with Crippen LogP contribution in [0.3, 0.4) is 0 Å². The van der Waals surface area contributed by atoms with E-state index < -0.39 is 0 Å². The molecule has 0 aromatic rings. The molecule has 0 radical (unpaired) electrons. The normalized spacial score (nSPS) is 38.5. The Morgan fingerprint density at radius 1 is 1.24 bits per heavy atom. The molecule has 2 nitrogen and oxygen atoms in total. The topological polar surface area (TPSA) is 18.5 Å². The lowest BCUT2D eigenvalue weighted by Crippen LogP contribution is -2.40. The Labute approximate surface area is 114 Å². The minimum absolute atomic E-state index is 0.119. The maximum Gasteiger partial charge on any atom is 0.0779 e. The van der Waals surface area contributed by atoms with Crippen LogP contribution in [0.25, 0.3) is 0 Å². The van der Waals surface area contributed by atoms with E-state index in [0.29, 0.717) is 5.92 Å². The minimum atomic E-state index is 0.119. The highest BCUT2D eigenvalue weighted by Gasteiger charge is 2.35. The molecule has 0 N–H and O–H groups in total. The summed E-state index contributed by atoms with van der Waals surface area (Å²) in [5.41, 5.74) is 0.119. The van der Waals surface area contributed by atoms with Crippen LogP contribution in [0.2, 0.25) is 0 Å². The first-order valence-corrected chi connectivity index (χ1v) is 8.18. The average molecular weight is 305 g/mol. The van der Waals surface area contributed by atoms with Crippen molar-refractivity contribution < 1.29 is 9.47 Å². The third kappa shape index (κ3) is 3.68. The first-order chi connectivity index (χ1) is 8.28. The van der Waals surface area contributed by atoms with Crippen molar-refractivity contribution in [3.05, 3.63) is 0 Å². The standard InChI is InChI=1S/C14H25BrO2/c1-2-12-3-6-14(11-15,7-4-12)17-10-13-5-8-16-9-13/h12-13H,2-11H2,1H3. The van der Waals surface area contributed by atoms with Gasteiger partial charge in [-0.15, -0.1) is 0 Å². The summed E-state index contributed by atoms with van der Waals surface area (Å²) in [5, 5.41) is 0.990. The SMILES string of the molecule is CCC1CCC(CBr)(OCC2CCOC2)CC1.